The van der Waals surface area contributed by atoms with Crippen LogP contribution in [0.3, 0.4) is 0 Å². The van der Waals surface area contributed by atoms with Crippen LogP contribution in [0, 0.1) is 0 Å². The second-order valence-corrected chi connectivity index (χ2v) is 7.68. The van der Waals surface area contributed by atoms with Gasteiger partial charge in [0.05, 0.1) is 0 Å². The Balaban J connectivity index is 1.09. The van der Waals surface area contributed by atoms with E-state index in [9.17, 15) is 0 Å². The van der Waals surface area contributed by atoms with Crippen LogP contribution < -0.4 is 24.3 Å². The van der Waals surface area contributed by atoms with E-state index in [1.165, 1.54) is 5.56 Å². The fourth-order valence-electron chi connectivity index (χ4n) is 3.75. The quantitative estimate of drug-likeness (QED) is 0.767. The molecule has 1 N–H and O–H groups in total. The SMILES string of the molecule is S=C(NCc1ccc2c(c1)OCO2)N1CCN(Cc2ccc3c(c2)OCO3)CC1. The zero-order valence-corrected chi connectivity index (χ0v) is 16.9. The van der Waals surface area contributed by atoms with Crippen molar-refractivity contribution >= 4 is 17.3 Å². The molecule has 7 nitrogen and oxygen atoms in total. The maximum absolute atomic E-state index is 5.60. The zero-order chi connectivity index (χ0) is 19.6. The molecule has 0 unspecified atom stereocenters. The van der Waals surface area contributed by atoms with Gasteiger partial charge in [-0.2, -0.15) is 0 Å². The molecule has 2 aromatic carbocycles. The van der Waals surface area contributed by atoms with Gasteiger partial charge in [0.15, 0.2) is 28.1 Å². The number of hydrogen-bond acceptors (Lipinski definition) is 6. The summed E-state index contributed by atoms with van der Waals surface area (Å²) in [5.41, 5.74) is 2.37. The molecule has 3 aliphatic heterocycles. The summed E-state index contributed by atoms with van der Waals surface area (Å²) in [6, 6.07) is 12.2. The van der Waals surface area contributed by atoms with Gasteiger partial charge in [0.1, 0.15) is 0 Å². The maximum Gasteiger partial charge on any atom is 0.231 e. The first-order valence-electron chi connectivity index (χ1n) is 9.77. The normalized spacial score (nSPS) is 17.4. The lowest BCUT2D eigenvalue weighted by Crippen LogP contribution is -2.51. The van der Waals surface area contributed by atoms with Crippen LogP contribution in [0.5, 0.6) is 23.0 Å². The highest BCUT2D eigenvalue weighted by atomic mass is 32.1. The Morgan fingerprint density at radius 1 is 0.793 bits per heavy atom. The first-order valence-corrected chi connectivity index (χ1v) is 10.2. The van der Waals surface area contributed by atoms with E-state index in [1.54, 1.807) is 0 Å². The highest BCUT2D eigenvalue weighted by molar-refractivity contribution is 7.80. The smallest absolute Gasteiger partial charge is 0.231 e. The Bertz CT molecular complexity index is 915. The minimum Gasteiger partial charge on any atom is -0.454 e. The summed E-state index contributed by atoms with van der Waals surface area (Å²) < 4.78 is 21.6. The summed E-state index contributed by atoms with van der Waals surface area (Å²) in [4.78, 5) is 4.67. The molecule has 8 heteroatoms. The molecule has 29 heavy (non-hydrogen) atoms. The zero-order valence-electron chi connectivity index (χ0n) is 16.1. The van der Waals surface area contributed by atoms with Gasteiger partial charge < -0.3 is 29.2 Å². The van der Waals surface area contributed by atoms with Gasteiger partial charge in [-0.3, -0.25) is 4.90 Å². The number of fused-ring (bicyclic) bond motifs is 2. The monoisotopic (exact) mass is 413 g/mol. The molecule has 1 saturated heterocycles. The van der Waals surface area contributed by atoms with Crippen LogP contribution in [0.2, 0.25) is 0 Å². The number of nitrogens with one attached hydrogen (secondary N) is 1. The van der Waals surface area contributed by atoms with Crippen molar-refractivity contribution in [1.29, 1.82) is 0 Å². The highest BCUT2D eigenvalue weighted by Crippen LogP contribution is 2.33. The van der Waals surface area contributed by atoms with Crippen molar-refractivity contribution in [2.45, 2.75) is 13.1 Å². The van der Waals surface area contributed by atoms with E-state index in [4.69, 9.17) is 31.2 Å². The first-order chi connectivity index (χ1) is 14.2. The van der Waals surface area contributed by atoms with Crippen molar-refractivity contribution < 1.29 is 18.9 Å². The van der Waals surface area contributed by atoms with Crippen LogP contribution in [0.4, 0.5) is 0 Å². The Kier molecular flexibility index (Phi) is 5.03. The van der Waals surface area contributed by atoms with E-state index >= 15 is 0 Å². The van der Waals surface area contributed by atoms with Gasteiger partial charge in [-0.15, -0.1) is 0 Å². The molecule has 0 radical (unpaired) electrons. The number of benzene rings is 2. The molecule has 3 aliphatic rings. The van der Waals surface area contributed by atoms with Crippen LogP contribution in [0.25, 0.3) is 0 Å². The number of piperazine rings is 1. The molecular weight excluding hydrogens is 390 g/mol. The molecular formula is C21H23N3O4S. The van der Waals surface area contributed by atoms with Gasteiger partial charge in [0, 0.05) is 39.3 Å². The molecule has 0 atom stereocenters. The molecule has 3 heterocycles. The second-order valence-electron chi connectivity index (χ2n) is 7.30. The largest absolute Gasteiger partial charge is 0.454 e. The third-order valence-corrected chi connectivity index (χ3v) is 5.79. The molecule has 0 aliphatic carbocycles. The van der Waals surface area contributed by atoms with Crippen LogP contribution in [0.15, 0.2) is 36.4 Å². The fraction of sp³-hybridized carbons (Fsp3) is 0.381. The second kappa shape index (κ2) is 7.96. The summed E-state index contributed by atoms with van der Waals surface area (Å²) in [6.07, 6.45) is 0. The molecule has 0 spiro atoms. The summed E-state index contributed by atoms with van der Waals surface area (Å²) >= 11 is 5.60. The van der Waals surface area contributed by atoms with Crippen molar-refractivity contribution in [3.63, 3.8) is 0 Å². The summed E-state index contributed by atoms with van der Waals surface area (Å²) in [5.74, 6) is 3.27. The number of hydrogen-bond donors (Lipinski definition) is 1. The lowest BCUT2D eigenvalue weighted by atomic mass is 10.1. The minimum atomic E-state index is 0.293. The van der Waals surface area contributed by atoms with Gasteiger partial charge >= 0.3 is 0 Å². The van der Waals surface area contributed by atoms with E-state index < -0.39 is 0 Å². The molecule has 5 rings (SSSR count). The van der Waals surface area contributed by atoms with Gasteiger partial charge in [-0.05, 0) is 47.6 Å². The Morgan fingerprint density at radius 2 is 1.38 bits per heavy atom. The van der Waals surface area contributed by atoms with Crippen molar-refractivity contribution in [3.8, 4) is 23.0 Å². The van der Waals surface area contributed by atoms with E-state index in [0.717, 1.165) is 66.4 Å². The third-order valence-electron chi connectivity index (χ3n) is 5.38. The van der Waals surface area contributed by atoms with Gasteiger partial charge in [0.25, 0.3) is 0 Å². The van der Waals surface area contributed by atoms with Crippen molar-refractivity contribution in [2.75, 3.05) is 39.8 Å². The standard InChI is InChI=1S/C21H23N3O4S/c29-21(22-11-15-1-3-17-19(9-15)27-13-25-17)24-7-5-23(6-8-24)12-16-2-4-18-20(10-16)28-14-26-18/h1-4,9-10H,5-8,11-14H2,(H,22,29). The van der Waals surface area contributed by atoms with E-state index in [1.807, 2.05) is 24.3 Å². The predicted molar refractivity (Wildman–Crippen MR) is 111 cm³/mol. The summed E-state index contributed by atoms with van der Waals surface area (Å²) in [6.45, 7) is 5.96. The molecule has 1 fully saturated rings. The Morgan fingerprint density at radius 3 is 2.07 bits per heavy atom. The predicted octanol–water partition coefficient (Wildman–Crippen LogP) is 2.34. The average molecular weight is 413 g/mol. The van der Waals surface area contributed by atoms with Crippen molar-refractivity contribution in [3.05, 3.63) is 47.5 Å². The van der Waals surface area contributed by atoms with Crippen molar-refractivity contribution in [2.24, 2.45) is 0 Å². The third kappa shape index (κ3) is 4.04. The van der Waals surface area contributed by atoms with Crippen LogP contribution in [-0.4, -0.2) is 54.7 Å². The Hall–Kier alpha value is -2.71. The first kappa shape index (κ1) is 18.3. The van der Waals surface area contributed by atoms with Crippen LogP contribution in [-0.2, 0) is 13.1 Å². The summed E-state index contributed by atoms with van der Waals surface area (Å²) in [5, 5.41) is 4.16. The number of rotatable bonds is 4. The van der Waals surface area contributed by atoms with Gasteiger partial charge in [-0.25, -0.2) is 0 Å². The topological polar surface area (TPSA) is 55.4 Å². The highest BCUT2D eigenvalue weighted by Gasteiger charge is 2.20. The maximum atomic E-state index is 5.60. The molecule has 152 valence electrons. The number of nitrogens with zero attached hydrogens (tertiary/aromatic N) is 2. The van der Waals surface area contributed by atoms with E-state index in [-0.39, 0.29) is 0 Å². The molecule has 0 bridgehead atoms. The number of ether oxygens (including phenoxy) is 4. The van der Waals surface area contributed by atoms with Crippen LogP contribution in [0.1, 0.15) is 11.1 Å². The molecule has 0 saturated carbocycles. The fourth-order valence-corrected chi connectivity index (χ4v) is 4.00. The van der Waals surface area contributed by atoms with Gasteiger partial charge in [0.2, 0.25) is 13.6 Å². The van der Waals surface area contributed by atoms with E-state index in [2.05, 4.69) is 27.2 Å². The minimum absolute atomic E-state index is 0.293. The molecule has 0 amide bonds. The van der Waals surface area contributed by atoms with Gasteiger partial charge in [-0.1, -0.05) is 12.1 Å². The molecule has 0 aromatic heterocycles. The lowest BCUT2D eigenvalue weighted by molar-refractivity contribution is 0.172. The average Bonchev–Trinajstić information content (AvgIpc) is 3.41. The van der Waals surface area contributed by atoms with Crippen molar-refractivity contribution in [1.82, 2.24) is 15.1 Å². The summed E-state index contributed by atoms with van der Waals surface area (Å²) in [7, 11) is 0. The molecule has 2 aromatic rings. The lowest BCUT2D eigenvalue weighted by Gasteiger charge is -2.36. The number of thiocarbonyl (C=S) groups is 1. The van der Waals surface area contributed by atoms with Crippen LogP contribution >= 0.6 is 12.2 Å². The van der Waals surface area contributed by atoms with E-state index in [0.29, 0.717) is 20.1 Å². The Labute approximate surface area is 175 Å².